The first-order valence-corrected chi connectivity index (χ1v) is 7.70. The molecule has 0 heterocycles. The predicted molar refractivity (Wildman–Crippen MR) is 81.5 cm³/mol. The van der Waals surface area contributed by atoms with Gasteiger partial charge in [-0.2, -0.15) is 5.26 Å². The van der Waals surface area contributed by atoms with E-state index in [1.54, 1.807) is 0 Å². The van der Waals surface area contributed by atoms with Crippen molar-refractivity contribution in [1.82, 2.24) is 0 Å². The van der Waals surface area contributed by atoms with E-state index in [9.17, 15) is 9.18 Å². The number of halogens is 1. The van der Waals surface area contributed by atoms with Crippen molar-refractivity contribution in [2.75, 3.05) is 0 Å². The van der Waals surface area contributed by atoms with Gasteiger partial charge in [0.15, 0.2) is 0 Å². The third-order valence-electron chi connectivity index (χ3n) is 4.08. The first kappa shape index (κ1) is 16.2. The molecule has 0 atom stereocenters. The van der Waals surface area contributed by atoms with Crippen molar-refractivity contribution in [2.24, 2.45) is 5.92 Å². The maximum absolute atomic E-state index is 12.8. The van der Waals surface area contributed by atoms with Crippen molar-refractivity contribution in [3.8, 4) is 6.07 Å². The molecule has 1 aromatic carbocycles. The Labute approximate surface area is 130 Å². The Morgan fingerprint density at radius 2 is 1.95 bits per heavy atom. The van der Waals surface area contributed by atoms with Gasteiger partial charge in [0.1, 0.15) is 11.9 Å². The fourth-order valence-corrected chi connectivity index (χ4v) is 2.81. The number of rotatable bonds is 5. The quantitative estimate of drug-likeness (QED) is 0.598. The van der Waals surface area contributed by atoms with Gasteiger partial charge < -0.3 is 4.74 Å². The van der Waals surface area contributed by atoms with E-state index < -0.39 is 0 Å². The van der Waals surface area contributed by atoms with Gasteiger partial charge in [0, 0.05) is 6.08 Å². The van der Waals surface area contributed by atoms with Crippen LogP contribution in [0.4, 0.5) is 4.39 Å². The molecule has 116 valence electrons. The molecule has 22 heavy (non-hydrogen) atoms. The van der Waals surface area contributed by atoms with Crippen LogP contribution in [0.1, 0.15) is 48.9 Å². The smallest absolute Gasteiger partial charge is 0.338 e. The summed E-state index contributed by atoms with van der Waals surface area (Å²) < 4.78 is 18.3. The van der Waals surface area contributed by atoms with Crippen molar-refractivity contribution in [3.05, 3.63) is 47.8 Å². The summed E-state index contributed by atoms with van der Waals surface area (Å²) >= 11 is 0. The number of hydrogen-bond acceptors (Lipinski definition) is 3. The third kappa shape index (κ3) is 5.00. The van der Waals surface area contributed by atoms with E-state index in [1.807, 2.05) is 12.1 Å². The van der Waals surface area contributed by atoms with Crippen LogP contribution in [0.15, 0.2) is 36.4 Å². The summed E-state index contributed by atoms with van der Waals surface area (Å²) in [5.74, 6) is -0.0907. The maximum atomic E-state index is 12.8. The van der Waals surface area contributed by atoms with E-state index in [0.717, 1.165) is 38.5 Å². The Morgan fingerprint density at radius 1 is 1.27 bits per heavy atom. The highest BCUT2D eigenvalue weighted by molar-refractivity contribution is 5.89. The number of allylic oxidation sites excluding steroid dienone is 2. The van der Waals surface area contributed by atoms with E-state index in [0.29, 0.717) is 11.5 Å². The predicted octanol–water partition coefficient (Wildman–Crippen LogP) is 4.40. The van der Waals surface area contributed by atoms with Crippen molar-refractivity contribution in [3.63, 3.8) is 0 Å². The molecule has 0 aromatic heterocycles. The van der Waals surface area contributed by atoms with Crippen LogP contribution in [-0.2, 0) is 4.74 Å². The Balaban J connectivity index is 1.73. The summed E-state index contributed by atoms with van der Waals surface area (Å²) in [5.41, 5.74) is 0.394. The summed E-state index contributed by atoms with van der Waals surface area (Å²) in [6.07, 6.45) is 9.23. The molecule has 0 bridgehead atoms. The molecule has 2 rings (SSSR count). The second kappa shape index (κ2) is 8.33. The molecule has 0 saturated heterocycles. The largest absolute Gasteiger partial charge is 0.459 e. The van der Waals surface area contributed by atoms with Gasteiger partial charge in [-0.3, -0.25) is 0 Å². The molecule has 0 aliphatic heterocycles. The topological polar surface area (TPSA) is 50.1 Å². The summed E-state index contributed by atoms with van der Waals surface area (Å²) in [7, 11) is 0. The van der Waals surface area contributed by atoms with Crippen molar-refractivity contribution < 1.29 is 13.9 Å². The maximum Gasteiger partial charge on any atom is 0.338 e. The lowest BCUT2D eigenvalue weighted by molar-refractivity contribution is 0.0162. The summed E-state index contributed by atoms with van der Waals surface area (Å²) in [6, 6.07) is 7.42. The second-order valence-electron chi connectivity index (χ2n) is 5.66. The van der Waals surface area contributed by atoms with Crippen LogP contribution in [0, 0.1) is 23.1 Å². The number of carbonyl (C=O) groups excluding carboxylic acids is 1. The van der Waals surface area contributed by atoms with Gasteiger partial charge in [-0.1, -0.05) is 6.08 Å². The summed E-state index contributed by atoms with van der Waals surface area (Å²) in [4.78, 5) is 12.0. The molecule has 0 unspecified atom stereocenters. The highest BCUT2D eigenvalue weighted by Crippen LogP contribution is 2.30. The molecular formula is C18H20FNO2. The lowest BCUT2D eigenvalue weighted by Crippen LogP contribution is -2.24. The first-order chi connectivity index (χ1) is 10.7. The standard InChI is InChI=1S/C18H20FNO2/c19-16-9-7-15(8-10-16)18(21)22-17-11-5-14(6-12-17)4-2-1-3-13-20/h1,3,7-10,14,17H,2,4-6,11-12H2/b3-1+. The third-order valence-corrected chi connectivity index (χ3v) is 4.08. The summed E-state index contributed by atoms with van der Waals surface area (Å²) in [6.45, 7) is 0. The lowest BCUT2D eigenvalue weighted by Gasteiger charge is -2.28. The Kier molecular flexibility index (Phi) is 6.14. The Bertz CT molecular complexity index is 551. The lowest BCUT2D eigenvalue weighted by atomic mass is 9.84. The molecular weight excluding hydrogens is 281 g/mol. The molecule has 1 aromatic rings. The van der Waals surface area contributed by atoms with Crippen LogP contribution < -0.4 is 0 Å². The van der Waals surface area contributed by atoms with E-state index >= 15 is 0 Å². The molecule has 4 heteroatoms. The SMILES string of the molecule is N#C/C=C/CCC1CCC(OC(=O)c2ccc(F)cc2)CC1. The fourth-order valence-electron chi connectivity index (χ4n) is 2.81. The van der Waals surface area contributed by atoms with E-state index in [2.05, 4.69) is 0 Å². The molecule has 0 N–H and O–H groups in total. The summed E-state index contributed by atoms with van der Waals surface area (Å²) in [5, 5.41) is 8.42. The zero-order chi connectivity index (χ0) is 15.8. The van der Waals surface area contributed by atoms with Gasteiger partial charge >= 0.3 is 5.97 Å². The van der Waals surface area contributed by atoms with Gasteiger partial charge in [0.2, 0.25) is 0 Å². The average Bonchev–Trinajstić information content (AvgIpc) is 2.54. The van der Waals surface area contributed by atoms with Crippen LogP contribution >= 0.6 is 0 Å². The highest BCUT2D eigenvalue weighted by atomic mass is 19.1. The average molecular weight is 301 g/mol. The van der Waals surface area contributed by atoms with Crippen LogP contribution in [0.25, 0.3) is 0 Å². The number of ether oxygens (including phenoxy) is 1. The first-order valence-electron chi connectivity index (χ1n) is 7.70. The zero-order valence-electron chi connectivity index (χ0n) is 12.5. The molecule has 1 saturated carbocycles. The van der Waals surface area contributed by atoms with E-state index in [1.165, 1.54) is 30.3 Å². The monoisotopic (exact) mass is 301 g/mol. The van der Waals surface area contributed by atoms with Gasteiger partial charge in [-0.25, -0.2) is 9.18 Å². The van der Waals surface area contributed by atoms with Crippen LogP contribution in [0.3, 0.4) is 0 Å². The molecule has 3 nitrogen and oxygen atoms in total. The van der Waals surface area contributed by atoms with Crippen LogP contribution in [0.2, 0.25) is 0 Å². The number of nitriles is 1. The van der Waals surface area contributed by atoms with E-state index in [-0.39, 0.29) is 17.9 Å². The molecule has 0 amide bonds. The van der Waals surface area contributed by atoms with Crippen molar-refractivity contribution in [2.45, 2.75) is 44.6 Å². The van der Waals surface area contributed by atoms with Gasteiger partial charge in [0.25, 0.3) is 0 Å². The van der Waals surface area contributed by atoms with Gasteiger partial charge in [-0.15, -0.1) is 0 Å². The highest BCUT2D eigenvalue weighted by Gasteiger charge is 2.23. The number of benzene rings is 1. The molecule has 1 aliphatic carbocycles. The number of hydrogen-bond donors (Lipinski definition) is 0. The fraction of sp³-hybridized carbons (Fsp3) is 0.444. The molecule has 0 radical (unpaired) electrons. The second-order valence-corrected chi connectivity index (χ2v) is 5.66. The van der Waals surface area contributed by atoms with Crippen LogP contribution in [0.5, 0.6) is 0 Å². The number of carbonyl (C=O) groups is 1. The van der Waals surface area contributed by atoms with Crippen molar-refractivity contribution >= 4 is 5.97 Å². The zero-order valence-corrected chi connectivity index (χ0v) is 12.5. The number of esters is 1. The van der Waals surface area contributed by atoms with E-state index in [4.69, 9.17) is 10.00 Å². The normalized spacial score (nSPS) is 21.5. The minimum absolute atomic E-state index is 0.0385. The van der Waals surface area contributed by atoms with Crippen LogP contribution in [-0.4, -0.2) is 12.1 Å². The number of nitrogens with zero attached hydrogens (tertiary/aromatic N) is 1. The minimum Gasteiger partial charge on any atom is -0.459 e. The molecule has 1 aliphatic rings. The molecule has 0 spiro atoms. The minimum atomic E-state index is -0.375. The Morgan fingerprint density at radius 3 is 2.59 bits per heavy atom. The van der Waals surface area contributed by atoms with Gasteiger partial charge in [0.05, 0.1) is 11.6 Å². The Hall–Kier alpha value is -2.15. The van der Waals surface area contributed by atoms with Gasteiger partial charge in [-0.05, 0) is 68.7 Å². The van der Waals surface area contributed by atoms with Crippen molar-refractivity contribution in [1.29, 1.82) is 5.26 Å². The molecule has 1 fully saturated rings.